The van der Waals surface area contributed by atoms with Gasteiger partial charge in [-0.25, -0.2) is 4.79 Å². The van der Waals surface area contributed by atoms with Crippen molar-refractivity contribution >= 4 is 17.1 Å². The van der Waals surface area contributed by atoms with Gasteiger partial charge >= 0.3 is 5.69 Å². The molecule has 2 aromatic heterocycles. The van der Waals surface area contributed by atoms with Crippen LogP contribution in [0.15, 0.2) is 46.5 Å². The van der Waals surface area contributed by atoms with Gasteiger partial charge in [0.15, 0.2) is 11.2 Å². The molecule has 0 atom stereocenters. The smallest absolute Gasteiger partial charge is 0.329 e. The summed E-state index contributed by atoms with van der Waals surface area (Å²) < 4.78 is 8.15. The fraction of sp³-hybridized carbons (Fsp3) is 0.235. The molecular formula is C17H19N5O3. The van der Waals surface area contributed by atoms with Crippen LogP contribution in [0, 0.1) is 0 Å². The highest BCUT2D eigenvalue weighted by molar-refractivity contribution is 5.74. The number of anilines is 1. The first-order valence-electron chi connectivity index (χ1n) is 7.72. The molecule has 3 rings (SSSR count). The van der Waals surface area contributed by atoms with E-state index in [-0.39, 0.29) is 0 Å². The number of hydrogen-bond acceptors (Lipinski definition) is 5. The molecule has 2 N–H and O–H groups in total. The van der Waals surface area contributed by atoms with Crippen LogP contribution in [0.25, 0.3) is 11.2 Å². The summed E-state index contributed by atoms with van der Waals surface area (Å²) in [5.74, 6) is 1.28. The highest BCUT2D eigenvalue weighted by atomic mass is 16.5. The molecule has 0 amide bonds. The van der Waals surface area contributed by atoms with Crippen LogP contribution < -0.4 is 21.3 Å². The van der Waals surface area contributed by atoms with Crippen molar-refractivity contribution in [3.63, 3.8) is 0 Å². The van der Waals surface area contributed by atoms with E-state index in [1.165, 1.54) is 4.57 Å². The Bertz CT molecular complexity index is 1030. The SMILES string of the molecule is C=CCn1c(NCc2ccc(OC)cc2)nc2c1c(=O)[nH]c(=O)n2C. The fourth-order valence-electron chi connectivity index (χ4n) is 2.60. The minimum absolute atomic E-state index is 0.327. The molecule has 3 aromatic rings. The quantitative estimate of drug-likeness (QED) is 0.658. The number of hydrogen-bond donors (Lipinski definition) is 2. The lowest BCUT2D eigenvalue weighted by Gasteiger charge is -2.09. The number of allylic oxidation sites excluding steroid dienone is 1. The van der Waals surface area contributed by atoms with E-state index in [4.69, 9.17) is 4.74 Å². The monoisotopic (exact) mass is 341 g/mol. The third kappa shape index (κ3) is 3.06. The second kappa shape index (κ2) is 6.68. The Morgan fingerprint density at radius 2 is 2.04 bits per heavy atom. The summed E-state index contributed by atoms with van der Waals surface area (Å²) in [6, 6.07) is 7.63. The zero-order valence-electron chi connectivity index (χ0n) is 14.1. The highest BCUT2D eigenvalue weighted by Gasteiger charge is 2.16. The zero-order valence-corrected chi connectivity index (χ0v) is 14.1. The first-order valence-corrected chi connectivity index (χ1v) is 7.72. The maximum atomic E-state index is 12.2. The van der Waals surface area contributed by atoms with Crippen LogP contribution in [0.1, 0.15) is 5.56 Å². The number of benzene rings is 1. The maximum Gasteiger partial charge on any atom is 0.329 e. The van der Waals surface area contributed by atoms with Crippen molar-refractivity contribution in [3.05, 3.63) is 63.3 Å². The number of fused-ring (bicyclic) bond motifs is 1. The van der Waals surface area contributed by atoms with E-state index in [0.29, 0.717) is 30.2 Å². The minimum Gasteiger partial charge on any atom is -0.497 e. The molecule has 0 saturated heterocycles. The second-order valence-electron chi connectivity index (χ2n) is 5.53. The maximum absolute atomic E-state index is 12.2. The van der Waals surface area contributed by atoms with Crippen LogP contribution in [0.5, 0.6) is 5.75 Å². The fourth-order valence-corrected chi connectivity index (χ4v) is 2.60. The average Bonchev–Trinajstić information content (AvgIpc) is 2.98. The summed E-state index contributed by atoms with van der Waals surface area (Å²) in [5, 5.41) is 3.21. The van der Waals surface area contributed by atoms with Crippen molar-refractivity contribution in [3.8, 4) is 5.75 Å². The van der Waals surface area contributed by atoms with Gasteiger partial charge in [0.05, 0.1) is 7.11 Å². The first kappa shape index (κ1) is 16.6. The topological polar surface area (TPSA) is 93.9 Å². The summed E-state index contributed by atoms with van der Waals surface area (Å²) >= 11 is 0. The van der Waals surface area contributed by atoms with E-state index in [0.717, 1.165) is 11.3 Å². The van der Waals surface area contributed by atoms with Gasteiger partial charge in [-0.1, -0.05) is 18.2 Å². The summed E-state index contributed by atoms with van der Waals surface area (Å²) in [6.45, 7) is 4.62. The molecule has 130 valence electrons. The Labute approximate surface area is 143 Å². The molecule has 0 aliphatic heterocycles. The number of nitrogens with zero attached hydrogens (tertiary/aromatic N) is 3. The highest BCUT2D eigenvalue weighted by Crippen LogP contribution is 2.17. The molecule has 0 fully saturated rings. The Morgan fingerprint density at radius 1 is 1.32 bits per heavy atom. The molecular weight excluding hydrogens is 322 g/mol. The van der Waals surface area contributed by atoms with E-state index in [1.807, 2.05) is 24.3 Å². The van der Waals surface area contributed by atoms with Crippen LogP contribution in [-0.4, -0.2) is 26.2 Å². The van der Waals surface area contributed by atoms with Crippen molar-refractivity contribution < 1.29 is 4.74 Å². The van der Waals surface area contributed by atoms with Crippen LogP contribution in [0.3, 0.4) is 0 Å². The molecule has 0 saturated carbocycles. The number of aromatic nitrogens is 4. The number of ether oxygens (including phenoxy) is 1. The summed E-state index contributed by atoms with van der Waals surface area (Å²) in [7, 11) is 3.19. The number of rotatable bonds is 6. The standard InChI is InChI=1S/C17H19N5O3/c1-4-9-22-13-14(21(2)17(24)20-15(13)23)19-16(22)18-10-11-5-7-12(25-3)8-6-11/h4-8H,1,9-10H2,2-3H3,(H,18,19)(H,20,23,24). The molecule has 8 heteroatoms. The van der Waals surface area contributed by atoms with Gasteiger partial charge in [0.1, 0.15) is 5.75 Å². The Balaban J connectivity index is 1.99. The van der Waals surface area contributed by atoms with Gasteiger partial charge in [0.2, 0.25) is 5.95 Å². The predicted octanol–water partition coefficient (Wildman–Crippen LogP) is 1.23. The zero-order chi connectivity index (χ0) is 18.0. The number of nitrogens with one attached hydrogen (secondary N) is 2. The van der Waals surface area contributed by atoms with Gasteiger partial charge in [0.25, 0.3) is 5.56 Å². The Morgan fingerprint density at radius 3 is 2.68 bits per heavy atom. The lowest BCUT2D eigenvalue weighted by Crippen LogP contribution is -2.29. The van der Waals surface area contributed by atoms with Crippen molar-refractivity contribution in [1.29, 1.82) is 0 Å². The lowest BCUT2D eigenvalue weighted by atomic mass is 10.2. The molecule has 2 heterocycles. The number of methoxy groups -OCH3 is 1. The van der Waals surface area contributed by atoms with Crippen LogP contribution in [0.4, 0.5) is 5.95 Å². The summed E-state index contributed by atoms with van der Waals surface area (Å²) in [4.78, 5) is 30.7. The molecule has 0 spiro atoms. The summed E-state index contributed by atoms with van der Waals surface area (Å²) in [6.07, 6.45) is 1.67. The number of aryl methyl sites for hydroxylation is 1. The number of H-pyrrole nitrogens is 1. The van der Waals surface area contributed by atoms with Gasteiger partial charge in [-0.3, -0.25) is 14.3 Å². The van der Waals surface area contributed by atoms with E-state index in [2.05, 4.69) is 21.9 Å². The molecule has 0 radical (unpaired) electrons. The van der Waals surface area contributed by atoms with Gasteiger partial charge in [-0.15, -0.1) is 6.58 Å². The van der Waals surface area contributed by atoms with Crippen molar-refractivity contribution in [1.82, 2.24) is 19.1 Å². The van der Waals surface area contributed by atoms with E-state index < -0.39 is 11.2 Å². The minimum atomic E-state index is -0.498. The third-order valence-corrected chi connectivity index (χ3v) is 3.93. The van der Waals surface area contributed by atoms with Gasteiger partial charge in [-0.2, -0.15) is 4.98 Å². The molecule has 0 unspecified atom stereocenters. The van der Waals surface area contributed by atoms with Gasteiger partial charge < -0.3 is 14.6 Å². The average molecular weight is 341 g/mol. The van der Waals surface area contributed by atoms with Crippen LogP contribution in [0.2, 0.25) is 0 Å². The largest absolute Gasteiger partial charge is 0.497 e. The second-order valence-corrected chi connectivity index (χ2v) is 5.53. The molecule has 0 aliphatic rings. The van der Waals surface area contributed by atoms with Crippen molar-refractivity contribution in [2.24, 2.45) is 7.05 Å². The summed E-state index contributed by atoms with van der Waals surface area (Å²) in [5.41, 5.74) is 0.722. The van der Waals surface area contributed by atoms with Crippen molar-refractivity contribution in [2.45, 2.75) is 13.1 Å². The van der Waals surface area contributed by atoms with E-state index in [9.17, 15) is 9.59 Å². The predicted molar refractivity (Wildman–Crippen MR) is 96.1 cm³/mol. The van der Waals surface area contributed by atoms with Crippen LogP contribution in [-0.2, 0) is 20.1 Å². The van der Waals surface area contributed by atoms with Crippen LogP contribution >= 0.6 is 0 Å². The number of aromatic amines is 1. The molecule has 25 heavy (non-hydrogen) atoms. The van der Waals surface area contributed by atoms with E-state index in [1.54, 1.807) is 24.8 Å². The Kier molecular flexibility index (Phi) is 4.42. The first-order chi connectivity index (χ1) is 12.0. The van der Waals surface area contributed by atoms with Gasteiger partial charge in [-0.05, 0) is 17.7 Å². The lowest BCUT2D eigenvalue weighted by molar-refractivity contribution is 0.414. The third-order valence-electron chi connectivity index (χ3n) is 3.93. The molecule has 1 aromatic carbocycles. The van der Waals surface area contributed by atoms with E-state index >= 15 is 0 Å². The Hall–Kier alpha value is -3.29. The van der Waals surface area contributed by atoms with Gasteiger partial charge in [0, 0.05) is 20.1 Å². The van der Waals surface area contributed by atoms with Crippen molar-refractivity contribution in [2.75, 3.05) is 12.4 Å². The number of imidazole rings is 1. The normalized spacial score (nSPS) is 10.8. The molecule has 0 bridgehead atoms. The molecule has 8 nitrogen and oxygen atoms in total. The molecule has 0 aliphatic carbocycles.